The average Bonchev–Trinajstić information content (AvgIpc) is 3.25. The summed E-state index contributed by atoms with van der Waals surface area (Å²) in [5.41, 5.74) is 5.57. The minimum absolute atomic E-state index is 0.0360. The van der Waals surface area contributed by atoms with Crippen molar-refractivity contribution in [2.24, 2.45) is 0 Å². The number of hydrogen-bond acceptors (Lipinski definition) is 6. The molecule has 0 bridgehead atoms. The normalized spacial score (nSPS) is 18.9. The van der Waals surface area contributed by atoms with Crippen molar-refractivity contribution in [1.29, 1.82) is 0 Å². The summed E-state index contributed by atoms with van der Waals surface area (Å²) in [5.74, 6) is -2.42. The molecule has 6 aromatic rings. The lowest BCUT2D eigenvalue weighted by Gasteiger charge is -2.46. The molecule has 0 unspecified atom stereocenters. The number of alkyl halides is 2. The lowest BCUT2D eigenvalue weighted by molar-refractivity contribution is -0.320. The molecule has 1 fully saturated rings. The molecule has 294 valence electrons. The molecule has 6 nitrogen and oxygen atoms in total. The topological polar surface area (TPSA) is 55.4 Å². The molecule has 0 N–H and O–H groups in total. The molecule has 9 heteroatoms. The molecule has 0 amide bonds. The van der Waals surface area contributed by atoms with E-state index in [1.54, 1.807) is 13.2 Å². The van der Waals surface area contributed by atoms with Crippen molar-refractivity contribution in [2.75, 3.05) is 13.7 Å². The van der Waals surface area contributed by atoms with Crippen LogP contribution in [0.3, 0.4) is 0 Å². The summed E-state index contributed by atoms with van der Waals surface area (Å²) >= 11 is 7.01. The van der Waals surface area contributed by atoms with E-state index in [0.717, 1.165) is 39.1 Å². The van der Waals surface area contributed by atoms with Crippen molar-refractivity contribution in [3.8, 4) is 11.5 Å². The Morgan fingerprint density at radius 1 is 0.614 bits per heavy atom. The van der Waals surface area contributed by atoms with Gasteiger partial charge in [-0.05, 0) is 64.1 Å². The molecular formula is C48H45ClF2O6. The summed E-state index contributed by atoms with van der Waals surface area (Å²) in [4.78, 5) is 0. The molecule has 1 heterocycles. The molecule has 0 radical (unpaired) electrons. The molecule has 0 aliphatic carbocycles. The van der Waals surface area contributed by atoms with E-state index in [4.69, 9.17) is 40.0 Å². The number of hydrogen-bond donors (Lipinski definition) is 0. The predicted molar refractivity (Wildman–Crippen MR) is 217 cm³/mol. The van der Waals surface area contributed by atoms with Crippen molar-refractivity contribution in [1.82, 2.24) is 0 Å². The van der Waals surface area contributed by atoms with Gasteiger partial charge < -0.3 is 28.4 Å². The molecular weight excluding hydrogens is 746 g/mol. The average molecular weight is 791 g/mol. The largest absolute Gasteiger partial charge is 0.497 e. The van der Waals surface area contributed by atoms with E-state index in [0.29, 0.717) is 22.8 Å². The van der Waals surface area contributed by atoms with Crippen LogP contribution in [0.1, 0.15) is 45.0 Å². The Morgan fingerprint density at radius 3 is 1.70 bits per heavy atom. The minimum atomic E-state index is -3.53. The summed E-state index contributed by atoms with van der Waals surface area (Å²) in [6, 6.07) is 49.1. The van der Waals surface area contributed by atoms with Crippen molar-refractivity contribution >= 4 is 11.6 Å². The molecule has 1 aliphatic rings. The second-order valence-electron chi connectivity index (χ2n) is 14.0. The lowest BCUT2D eigenvalue weighted by atomic mass is 9.88. The van der Waals surface area contributed by atoms with Crippen LogP contribution in [-0.4, -0.2) is 38.0 Å². The van der Waals surface area contributed by atoms with Gasteiger partial charge in [0.15, 0.2) is 6.10 Å². The van der Waals surface area contributed by atoms with Gasteiger partial charge in [0, 0.05) is 10.6 Å². The van der Waals surface area contributed by atoms with Gasteiger partial charge in [-0.25, -0.2) is 8.78 Å². The molecule has 7 rings (SSSR count). The molecule has 0 saturated carbocycles. The maximum atomic E-state index is 17.1. The van der Waals surface area contributed by atoms with E-state index >= 15 is 8.78 Å². The molecule has 4 atom stereocenters. The zero-order chi connectivity index (χ0) is 39.5. The van der Waals surface area contributed by atoms with Gasteiger partial charge in [0.05, 0.1) is 33.5 Å². The summed E-state index contributed by atoms with van der Waals surface area (Å²) < 4.78 is 71.5. The SMILES string of the molecule is COc1ccc(Cc2cc([C@@H]3O[C@H](COCc4ccccc4)C(F)(F)[C@H](OCc4ccccc4)[C@H]3OCc3ccccc3)c(OCc3ccccc3)cc2Cl)cc1. The zero-order valence-electron chi connectivity index (χ0n) is 31.6. The van der Waals surface area contributed by atoms with E-state index in [1.807, 2.05) is 152 Å². The zero-order valence-corrected chi connectivity index (χ0v) is 32.4. The van der Waals surface area contributed by atoms with E-state index in [2.05, 4.69) is 0 Å². The smallest absolute Gasteiger partial charge is 0.304 e. The van der Waals surface area contributed by atoms with Crippen molar-refractivity contribution in [3.63, 3.8) is 0 Å². The van der Waals surface area contributed by atoms with Gasteiger partial charge in [-0.2, -0.15) is 0 Å². The van der Waals surface area contributed by atoms with Crippen molar-refractivity contribution in [2.45, 2.75) is 63.2 Å². The standard InChI is InChI=1S/C48H45ClF2O6/c1-52-40-24-22-34(23-25-40)26-39-27-41(43(28-42(39)49)54-30-36-16-8-3-9-17-36)45-46(55-31-37-18-10-4-11-19-37)47(56-32-38-20-12-5-13-21-38)48(50,51)44(57-45)33-53-29-35-14-6-2-7-15-35/h2-25,27-28,44-47H,26,29-33H2,1H3/t44-,45+,46+,47-/m1/s1. The fraction of sp³-hybridized carbons (Fsp3) is 0.250. The number of benzene rings is 6. The van der Waals surface area contributed by atoms with Crippen molar-refractivity contribution in [3.05, 3.63) is 202 Å². The van der Waals surface area contributed by atoms with E-state index in [-0.39, 0.29) is 26.4 Å². The number of halogens is 3. The summed E-state index contributed by atoms with van der Waals surface area (Å²) in [7, 11) is 1.62. The van der Waals surface area contributed by atoms with Crippen LogP contribution in [-0.2, 0) is 51.8 Å². The van der Waals surface area contributed by atoms with Gasteiger partial charge in [-0.3, -0.25) is 0 Å². The molecule has 57 heavy (non-hydrogen) atoms. The number of methoxy groups -OCH3 is 1. The fourth-order valence-corrected chi connectivity index (χ4v) is 7.09. The van der Waals surface area contributed by atoms with Crippen LogP contribution in [0, 0.1) is 0 Å². The second kappa shape index (κ2) is 19.4. The Bertz CT molecular complexity index is 2120. The van der Waals surface area contributed by atoms with Gasteiger partial charge in [0.2, 0.25) is 0 Å². The Hall–Kier alpha value is -5.09. The lowest BCUT2D eigenvalue weighted by Crippen LogP contribution is -2.61. The van der Waals surface area contributed by atoms with Crippen LogP contribution in [0.25, 0.3) is 0 Å². The maximum Gasteiger partial charge on any atom is 0.304 e. The van der Waals surface area contributed by atoms with Gasteiger partial charge in [0.25, 0.3) is 0 Å². The third-order valence-corrected chi connectivity index (χ3v) is 10.3. The first-order chi connectivity index (χ1) is 27.9. The first kappa shape index (κ1) is 40.1. The van der Waals surface area contributed by atoms with Gasteiger partial charge in [0.1, 0.15) is 36.4 Å². The first-order valence-electron chi connectivity index (χ1n) is 19.0. The third-order valence-electron chi connectivity index (χ3n) is 9.93. The van der Waals surface area contributed by atoms with E-state index in [1.165, 1.54) is 0 Å². The highest BCUT2D eigenvalue weighted by atomic mass is 35.5. The van der Waals surface area contributed by atoms with Gasteiger partial charge in [-0.1, -0.05) is 145 Å². The number of ether oxygens (including phenoxy) is 6. The maximum absolute atomic E-state index is 17.1. The van der Waals surface area contributed by atoms with Crippen LogP contribution in [0.5, 0.6) is 11.5 Å². The number of rotatable bonds is 17. The van der Waals surface area contributed by atoms with Gasteiger partial charge >= 0.3 is 5.92 Å². The van der Waals surface area contributed by atoms with Crippen LogP contribution in [0.4, 0.5) is 8.78 Å². The highest BCUT2D eigenvalue weighted by molar-refractivity contribution is 6.31. The highest BCUT2D eigenvalue weighted by Crippen LogP contribution is 2.47. The molecule has 6 aromatic carbocycles. The van der Waals surface area contributed by atoms with E-state index in [9.17, 15) is 0 Å². The third kappa shape index (κ3) is 10.5. The summed E-state index contributed by atoms with van der Waals surface area (Å²) in [5, 5.41) is 0.458. The Labute approximate surface area is 337 Å². The van der Waals surface area contributed by atoms with Crippen LogP contribution in [0.15, 0.2) is 158 Å². The van der Waals surface area contributed by atoms with Crippen LogP contribution in [0.2, 0.25) is 5.02 Å². The van der Waals surface area contributed by atoms with Crippen molar-refractivity contribution < 1.29 is 37.2 Å². The summed E-state index contributed by atoms with van der Waals surface area (Å²) in [6.45, 7) is -0.103. The van der Waals surface area contributed by atoms with Gasteiger partial charge in [-0.15, -0.1) is 0 Å². The quantitative estimate of drug-likeness (QED) is 0.0917. The first-order valence-corrected chi connectivity index (χ1v) is 19.3. The van der Waals surface area contributed by atoms with Crippen LogP contribution >= 0.6 is 11.6 Å². The second-order valence-corrected chi connectivity index (χ2v) is 14.4. The van der Waals surface area contributed by atoms with Crippen LogP contribution < -0.4 is 9.47 Å². The monoisotopic (exact) mass is 790 g/mol. The molecule has 1 aliphatic heterocycles. The highest BCUT2D eigenvalue weighted by Gasteiger charge is 2.60. The molecule has 1 saturated heterocycles. The Balaban J connectivity index is 1.30. The Morgan fingerprint density at radius 2 is 1.14 bits per heavy atom. The minimum Gasteiger partial charge on any atom is -0.497 e. The van der Waals surface area contributed by atoms with E-state index < -0.39 is 36.9 Å². The Kier molecular flexibility index (Phi) is 13.6. The predicted octanol–water partition coefficient (Wildman–Crippen LogP) is 11.0. The molecule has 0 spiro atoms. The summed E-state index contributed by atoms with van der Waals surface area (Å²) in [6.07, 6.45) is -5.37. The fourth-order valence-electron chi connectivity index (χ4n) is 6.87. The molecule has 0 aromatic heterocycles.